The molecule has 0 atom stereocenters. The van der Waals surface area contributed by atoms with Crippen molar-refractivity contribution < 1.29 is 13.2 Å². The lowest BCUT2D eigenvalue weighted by molar-refractivity contribution is 0.305. The van der Waals surface area contributed by atoms with Gasteiger partial charge in [-0.2, -0.15) is 0 Å². The van der Waals surface area contributed by atoms with Gasteiger partial charge in [0.25, 0.3) is 0 Å². The van der Waals surface area contributed by atoms with Crippen LogP contribution in [0.3, 0.4) is 0 Å². The van der Waals surface area contributed by atoms with Gasteiger partial charge in [-0.05, 0) is 49.9 Å². The topological polar surface area (TPSA) is 69.4 Å². The van der Waals surface area contributed by atoms with Crippen molar-refractivity contribution in [3.63, 3.8) is 0 Å². The van der Waals surface area contributed by atoms with Gasteiger partial charge in [0, 0.05) is 0 Å². The second-order valence-electron chi connectivity index (χ2n) is 4.52. The number of hydrogen-bond donors (Lipinski definition) is 1. The van der Waals surface area contributed by atoms with Gasteiger partial charge in [0.1, 0.15) is 5.75 Å². The second-order valence-corrected chi connectivity index (χ2v) is 6.05. The molecule has 0 aliphatic carbocycles. The Morgan fingerprint density at radius 2 is 1.83 bits per heavy atom. The Balaban J connectivity index is 3.21. The van der Waals surface area contributed by atoms with Gasteiger partial charge < -0.3 is 4.74 Å². The Morgan fingerprint density at radius 3 is 2.33 bits per heavy atom. The zero-order valence-electron chi connectivity index (χ0n) is 11.4. The molecule has 0 amide bonds. The maximum Gasteiger partial charge on any atom is 0.238 e. The van der Waals surface area contributed by atoms with Crippen molar-refractivity contribution in [3.8, 4) is 5.75 Å². The van der Waals surface area contributed by atoms with Crippen LogP contribution in [0.1, 0.15) is 36.5 Å². The number of sulfonamides is 1. The summed E-state index contributed by atoms with van der Waals surface area (Å²) in [5, 5.41) is 5.20. The van der Waals surface area contributed by atoms with Gasteiger partial charge in [-0.3, -0.25) is 0 Å². The van der Waals surface area contributed by atoms with Crippen LogP contribution in [-0.4, -0.2) is 15.0 Å². The van der Waals surface area contributed by atoms with Gasteiger partial charge in [0.15, 0.2) is 0 Å². The molecule has 1 aromatic rings. The summed E-state index contributed by atoms with van der Waals surface area (Å²) in [4.78, 5) is 0.181. The van der Waals surface area contributed by atoms with E-state index in [0.29, 0.717) is 12.2 Å². The summed E-state index contributed by atoms with van der Waals surface area (Å²) in [5.41, 5.74) is 2.31. The Labute approximate surface area is 109 Å². The molecule has 2 N–H and O–H groups in total. The summed E-state index contributed by atoms with van der Waals surface area (Å²) >= 11 is 0. The smallest absolute Gasteiger partial charge is 0.238 e. The van der Waals surface area contributed by atoms with Crippen molar-refractivity contribution in [2.45, 2.75) is 45.4 Å². The van der Waals surface area contributed by atoms with Crippen molar-refractivity contribution in [2.24, 2.45) is 5.14 Å². The van der Waals surface area contributed by atoms with E-state index in [-0.39, 0.29) is 4.90 Å². The van der Waals surface area contributed by atoms with Gasteiger partial charge in [-0.1, -0.05) is 13.3 Å². The van der Waals surface area contributed by atoms with E-state index in [1.807, 2.05) is 13.8 Å². The highest BCUT2D eigenvalue weighted by atomic mass is 32.2. The summed E-state index contributed by atoms with van der Waals surface area (Å²) in [6.07, 6.45) is 2.04. The highest BCUT2D eigenvalue weighted by Gasteiger charge is 2.18. The fraction of sp³-hybridized carbons (Fsp3) is 0.538. The monoisotopic (exact) mass is 271 g/mol. The van der Waals surface area contributed by atoms with Crippen LogP contribution >= 0.6 is 0 Å². The summed E-state index contributed by atoms with van der Waals surface area (Å²) < 4.78 is 28.7. The van der Waals surface area contributed by atoms with E-state index < -0.39 is 10.0 Å². The molecule has 0 unspecified atom stereocenters. The minimum absolute atomic E-state index is 0.181. The Kier molecular flexibility index (Phi) is 4.76. The van der Waals surface area contributed by atoms with Gasteiger partial charge in [-0.15, -0.1) is 0 Å². The first-order valence-corrected chi connectivity index (χ1v) is 7.60. The molecule has 5 heteroatoms. The van der Waals surface area contributed by atoms with Gasteiger partial charge in [0.2, 0.25) is 10.0 Å². The maximum atomic E-state index is 11.5. The first-order chi connectivity index (χ1) is 8.29. The molecule has 18 heavy (non-hydrogen) atoms. The number of primary sulfonamides is 1. The molecule has 0 saturated carbocycles. The highest BCUT2D eigenvalue weighted by molar-refractivity contribution is 7.89. The summed E-state index contributed by atoms with van der Waals surface area (Å²) in [6.45, 7) is 8.19. The minimum Gasteiger partial charge on any atom is -0.493 e. The normalized spacial score (nSPS) is 11.6. The van der Waals surface area contributed by atoms with E-state index >= 15 is 0 Å². The largest absolute Gasteiger partial charge is 0.493 e. The molecule has 0 spiro atoms. The van der Waals surface area contributed by atoms with Crippen LogP contribution < -0.4 is 9.88 Å². The molecular weight excluding hydrogens is 250 g/mol. The van der Waals surface area contributed by atoms with Crippen molar-refractivity contribution in [3.05, 3.63) is 22.8 Å². The molecule has 0 fully saturated rings. The Bertz CT molecular complexity index is 536. The summed E-state index contributed by atoms with van der Waals surface area (Å²) in [6, 6.07) is 1.58. The van der Waals surface area contributed by atoms with Gasteiger partial charge in [-0.25, -0.2) is 13.6 Å². The van der Waals surface area contributed by atoms with E-state index in [9.17, 15) is 8.42 Å². The van der Waals surface area contributed by atoms with E-state index in [2.05, 4.69) is 6.92 Å². The number of hydrogen-bond acceptors (Lipinski definition) is 3. The van der Waals surface area contributed by atoms with Crippen LogP contribution in [0.15, 0.2) is 11.0 Å². The Hall–Kier alpha value is -1.07. The second kappa shape index (κ2) is 5.71. The van der Waals surface area contributed by atoms with Crippen LogP contribution in [0.4, 0.5) is 0 Å². The zero-order chi connectivity index (χ0) is 13.9. The van der Waals surface area contributed by atoms with Crippen LogP contribution in [0.2, 0.25) is 0 Å². The molecule has 0 heterocycles. The first-order valence-electron chi connectivity index (χ1n) is 6.05. The van der Waals surface area contributed by atoms with Crippen molar-refractivity contribution >= 4 is 10.0 Å². The maximum absolute atomic E-state index is 11.5. The van der Waals surface area contributed by atoms with Crippen molar-refractivity contribution in [1.82, 2.24) is 0 Å². The molecular formula is C13H21NO3S. The minimum atomic E-state index is -3.68. The molecule has 0 saturated heterocycles. The van der Waals surface area contributed by atoms with E-state index in [1.54, 1.807) is 13.0 Å². The van der Waals surface area contributed by atoms with Crippen LogP contribution in [0.25, 0.3) is 0 Å². The predicted octanol–water partition coefficient (Wildman–Crippen LogP) is 2.44. The summed E-state index contributed by atoms with van der Waals surface area (Å²) in [5.74, 6) is 0.772. The fourth-order valence-electron chi connectivity index (χ4n) is 1.86. The van der Waals surface area contributed by atoms with E-state index in [0.717, 1.165) is 29.7 Å². The van der Waals surface area contributed by atoms with Crippen LogP contribution in [0, 0.1) is 20.8 Å². The molecule has 0 radical (unpaired) electrons. The molecule has 4 nitrogen and oxygen atoms in total. The third kappa shape index (κ3) is 3.23. The standard InChI is InChI=1S/C13H21NO3S/c1-5-6-7-17-13-9(2)8-12(18(14,15)16)10(3)11(13)4/h8H,5-7H2,1-4H3,(H2,14,15,16). The lowest BCUT2D eigenvalue weighted by Crippen LogP contribution is -2.15. The predicted molar refractivity (Wildman–Crippen MR) is 72.4 cm³/mol. The number of aryl methyl sites for hydroxylation is 1. The molecule has 0 aromatic heterocycles. The molecule has 0 aliphatic heterocycles. The fourth-order valence-corrected chi connectivity index (χ4v) is 2.78. The number of ether oxygens (including phenoxy) is 1. The van der Waals surface area contributed by atoms with Crippen molar-refractivity contribution in [2.75, 3.05) is 6.61 Å². The quantitative estimate of drug-likeness (QED) is 0.836. The number of unbranched alkanes of at least 4 members (excludes halogenated alkanes) is 1. The molecule has 0 bridgehead atoms. The molecule has 1 rings (SSSR count). The lowest BCUT2D eigenvalue weighted by Gasteiger charge is -2.16. The number of benzene rings is 1. The number of nitrogens with two attached hydrogens (primary N) is 1. The van der Waals surface area contributed by atoms with Crippen LogP contribution in [0.5, 0.6) is 5.75 Å². The SMILES string of the molecule is CCCCOc1c(C)cc(S(N)(=O)=O)c(C)c1C. The average molecular weight is 271 g/mol. The van der Waals surface area contributed by atoms with E-state index in [4.69, 9.17) is 9.88 Å². The molecule has 102 valence electrons. The van der Waals surface area contributed by atoms with Gasteiger partial charge in [0.05, 0.1) is 11.5 Å². The zero-order valence-corrected chi connectivity index (χ0v) is 12.2. The third-order valence-corrected chi connectivity index (χ3v) is 4.07. The Morgan fingerprint density at radius 1 is 1.22 bits per heavy atom. The molecule has 0 aliphatic rings. The third-order valence-electron chi connectivity index (χ3n) is 3.03. The average Bonchev–Trinajstić information content (AvgIpc) is 2.26. The molecule has 1 aromatic carbocycles. The van der Waals surface area contributed by atoms with E-state index in [1.165, 1.54) is 0 Å². The summed E-state index contributed by atoms with van der Waals surface area (Å²) in [7, 11) is -3.68. The highest BCUT2D eigenvalue weighted by Crippen LogP contribution is 2.30. The lowest BCUT2D eigenvalue weighted by atomic mass is 10.1. The van der Waals surface area contributed by atoms with Gasteiger partial charge >= 0.3 is 0 Å². The van der Waals surface area contributed by atoms with Crippen LogP contribution in [-0.2, 0) is 10.0 Å². The van der Waals surface area contributed by atoms with Crippen molar-refractivity contribution in [1.29, 1.82) is 0 Å². The first kappa shape index (κ1) is 15.0. The number of rotatable bonds is 5.